The van der Waals surface area contributed by atoms with E-state index in [4.69, 9.17) is 18.0 Å². The van der Waals surface area contributed by atoms with E-state index >= 15 is 0 Å². The van der Waals surface area contributed by atoms with E-state index in [0.29, 0.717) is 12.8 Å². The van der Waals surface area contributed by atoms with Crippen LogP contribution in [0.15, 0.2) is 0 Å². The number of hydrogen-bond acceptors (Lipinski definition) is 3. The number of hydrogen-bond donors (Lipinski definition) is 3. The molecule has 1 unspecified atom stereocenters. The molecule has 1 atom stereocenters. The fourth-order valence-electron chi connectivity index (χ4n) is 2.53. The molecular weight excluding hydrogens is 262 g/mol. The molecule has 0 aliphatic heterocycles. The van der Waals surface area contributed by atoms with Gasteiger partial charge in [-0.3, -0.25) is 9.59 Å². The topological polar surface area (TPSA) is 84.2 Å². The van der Waals surface area contributed by atoms with Crippen LogP contribution >= 0.6 is 12.2 Å². The largest absolute Gasteiger partial charge is 0.392 e. The van der Waals surface area contributed by atoms with Gasteiger partial charge in [0.05, 0.1) is 10.4 Å². The Morgan fingerprint density at radius 2 is 1.74 bits per heavy atom. The minimum atomic E-state index is -0.784. The Kier molecular flexibility index (Phi) is 5.72. The third kappa shape index (κ3) is 3.65. The number of amides is 2. The molecule has 0 aromatic heterocycles. The first-order valence-corrected chi connectivity index (χ1v) is 7.17. The summed E-state index contributed by atoms with van der Waals surface area (Å²) in [4.78, 5) is 24.2. The van der Waals surface area contributed by atoms with Crippen LogP contribution in [-0.2, 0) is 9.59 Å². The van der Waals surface area contributed by atoms with Crippen molar-refractivity contribution in [3.05, 3.63) is 0 Å². The molecule has 0 aromatic carbocycles. The average molecular weight is 285 g/mol. The molecule has 0 saturated heterocycles. The molecule has 5 nitrogen and oxygen atoms in total. The zero-order chi connectivity index (χ0) is 14.5. The maximum atomic E-state index is 12.5. The lowest BCUT2D eigenvalue weighted by Crippen LogP contribution is -2.53. The zero-order valence-electron chi connectivity index (χ0n) is 11.6. The average Bonchev–Trinajstić information content (AvgIpc) is 2.64. The highest BCUT2D eigenvalue weighted by Gasteiger charge is 2.42. The molecule has 6 heteroatoms. The van der Waals surface area contributed by atoms with Crippen molar-refractivity contribution in [2.75, 3.05) is 7.05 Å². The third-order valence-corrected chi connectivity index (χ3v) is 4.24. The second-order valence-corrected chi connectivity index (χ2v) is 5.61. The van der Waals surface area contributed by atoms with E-state index in [9.17, 15) is 9.59 Å². The molecule has 108 valence electrons. The van der Waals surface area contributed by atoms with E-state index in [1.807, 2.05) is 0 Å². The number of carbonyl (C=O) groups excluding carboxylic acids is 2. The first-order chi connectivity index (χ1) is 8.94. The van der Waals surface area contributed by atoms with Gasteiger partial charge in [0.1, 0.15) is 6.04 Å². The lowest BCUT2D eigenvalue weighted by atomic mass is 9.79. The molecule has 1 aliphatic rings. The van der Waals surface area contributed by atoms with E-state index in [0.717, 1.165) is 25.7 Å². The van der Waals surface area contributed by atoms with E-state index in [-0.39, 0.29) is 16.8 Å². The molecule has 0 radical (unpaired) electrons. The second kappa shape index (κ2) is 6.84. The summed E-state index contributed by atoms with van der Waals surface area (Å²) in [6, 6.07) is -0.577. The van der Waals surface area contributed by atoms with Crippen molar-refractivity contribution >= 4 is 29.0 Å². The number of thiocarbonyl (C=S) groups is 1. The van der Waals surface area contributed by atoms with Gasteiger partial charge >= 0.3 is 0 Å². The predicted molar refractivity (Wildman–Crippen MR) is 78.6 cm³/mol. The summed E-state index contributed by atoms with van der Waals surface area (Å²) in [5.41, 5.74) is 5.04. The molecule has 0 bridgehead atoms. The fraction of sp³-hybridized carbons (Fsp3) is 0.769. The smallest absolute Gasteiger partial charge is 0.242 e. The zero-order valence-corrected chi connectivity index (χ0v) is 12.4. The van der Waals surface area contributed by atoms with Crippen LogP contribution in [-0.4, -0.2) is 29.9 Å². The monoisotopic (exact) mass is 285 g/mol. The van der Waals surface area contributed by atoms with Gasteiger partial charge in [-0.15, -0.1) is 0 Å². The summed E-state index contributed by atoms with van der Waals surface area (Å²) in [5.74, 6) is -0.432. The van der Waals surface area contributed by atoms with Crippen LogP contribution in [0.5, 0.6) is 0 Å². The molecule has 0 heterocycles. The summed E-state index contributed by atoms with van der Waals surface area (Å²) in [5, 5.41) is 5.24. The Labute approximate surface area is 119 Å². The van der Waals surface area contributed by atoms with E-state index in [1.165, 1.54) is 0 Å². The molecule has 2 amide bonds. The summed E-state index contributed by atoms with van der Waals surface area (Å²) in [7, 11) is 1.54. The molecule has 1 aliphatic carbocycles. The van der Waals surface area contributed by atoms with Crippen molar-refractivity contribution in [2.24, 2.45) is 11.1 Å². The lowest BCUT2D eigenvalue weighted by Gasteiger charge is -2.31. The Morgan fingerprint density at radius 3 is 2.16 bits per heavy atom. The fourth-order valence-corrected chi connectivity index (χ4v) is 2.83. The number of rotatable bonds is 4. The molecule has 1 rings (SSSR count). The highest BCUT2D eigenvalue weighted by atomic mass is 32.1. The van der Waals surface area contributed by atoms with Crippen LogP contribution in [0, 0.1) is 5.41 Å². The Bertz CT molecular complexity index is 363. The molecule has 4 N–H and O–H groups in total. The standard InChI is InChI=1S/C13H23N3O2S/c1-9(10(17)15-2)16-12(18)13(11(14)19)7-5-3-4-6-8-13/h9H,3-8H2,1-2H3,(H2,14,19)(H,15,17)(H,16,18). The van der Waals surface area contributed by atoms with E-state index < -0.39 is 11.5 Å². The summed E-state index contributed by atoms with van der Waals surface area (Å²) in [6.45, 7) is 1.65. The van der Waals surface area contributed by atoms with Crippen LogP contribution in [0.2, 0.25) is 0 Å². The highest BCUT2D eigenvalue weighted by molar-refractivity contribution is 7.80. The van der Waals surface area contributed by atoms with Gasteiger partial charge in [0, 0.05) is 7.05 Å². The first kappa shape index (κ1) is 15.9. The summed E-state index contributed by atoms with van der Waals surface area (Å²) in [6.07, 6.45) is 5.44. The lowest BCUT2D eigenvalue weighted by molar-refractivity contribution is -0.132. The highest BCUT2D eigenvalue weighted by Crippen LogP contribution is 2.35. The summed E-state index contributed by atoms with van der Waals surface area (Å²) >= 11 is 5.13. The van der Waals surface area contributed by atoms with Crippen molar-refractivity contribution < 1.29 is 9.59 Å². The van der Waals surface area contributed by atoms with Crippen molar-refractivity contribution in [1.82, 2.24) is 10.6 Å². The minimum Gasteiger partial charge on any atom is -0.392 e. The van der Waals surface area contributed by atoms with E-state index in [2.05, 4.69) is 10.6 Å². The molecular formula is C13H23N3O2S. The van der Waals surface area contributed by atoms with Crippen LogP contribution in [0.25, 0.3) is 0 Å². The van der Waals surface area contributed by atoms with Crippen molar-refractivity contribution in [2.45, 2.75) is 51.5 Å². The first-order valence-electron chi connectivity index (χ1n) is 6.76. The van der Waals surface area contributed by atoms with Crippen LogP contribution in [0.1, 0.15) is 45.4 Å². The Hall–Kier alpha value is -1.17. The van der Waals surface area contributed by atoms with E-state index in [1.54, 1.807) is 14.0 Å². The van der Waals surface area contributed by atoms with Gasteiger partial charge in [0.25, 0.3) is 0 Å². The van der Waals surface area contributed by atoms with Crippen molar-refractivity contribution in [3.8, 4) is 0 Å². The number of likely N-dealkylation sites (N-methyl/N-ethyl adjacent to an activating group) is 1. The van der Waals surface area contributed by atoms with Gasteiger partial charge in [0.2, 0.25) is 11.8 Å². The molecule has 0 aromatic rings. The maximum absolute atomic E-state index is 12.5. The minimum absolute atomic E-state index is 0.210. The van der Waals surface area contributed by atoms with Gasteiger partial charge in [0.15, 0.2) is 0 Å². The predicted octanol–water partition coefficient (Wildman–Crippen LogP) is 0.864. The maximum Gasteiger partial charge on any atom is 0.242 e. The molecule has 1 saturated carbocycles. The SMILES string of the molecule is CNC(=O)C(C)NC(=O)C1(C(N)=S)CCCCCC1. The van der Waals surface area contributed by atoms with Gasteiger partial charge in [-0.2, -0.15) is 0 Å². The molecule has 1 fully saturated rings. The van der Waals surface area contributed by atoms with Crippen molar-refractivity contribution in [3.63, 3.8) is 0 Å². The Morgan fingerprint density at radius 1 is 1.21 bits per heavy atom. The molecule has 19 heavy (non-hydrogen) atoms. The van der Waals surface area contributed by atoms with Crippen molar-refractivity contribution in [1.29, 1.82) is 0 Å². The Balaban J connectivity index is 2.83. The normalized spacial score (nSPS) is 19.9. The summed E-state index contributed by atoms with van der Waals surface area (Å²) < 4.78 is 0. The number of nitrogens with one attached hydrogen (secondary N) is 2. The van der Waals surface area contributed by atoms with Gasteiger partial charge in [-0.1, -0.05) is 37.9 Å². The van der Waals surface area contributed by atoms with Gasteiger partial charge < -0.3 is 16.4 Å². The van der Waals surface area contributed by atoms with Crippen LogP contribution in [0.3, 0.4) is 0 Å². The number of carbonyl (C=O) groups is 2. The quantitative estimate of drug-likeness (QED) is 0.528. The number of nitrogens with two attached hydrogens (primary N) is 1. The van der Waals surface area contributed by atoms with Crippen LogP contribution < -0.4 is 16.4 Å². The third-order valence-electron chi connectivity index (χ3n) is 3.85. The van der Waals surface area contributed by atoms with Gasteiger partial charge in [-0.05, 0) is 19.8 Å². The van der Waals surface area contributed by atoms with Gasteiger partial charge in [-0.25, -0.2) is 0 Å². The van der Waals surface area contributed by atoms with Crippen LogP contribution in [0.4, 0.5) is 0 Å². The molecule has 0 spiro atoms. The second-order valence-electron chi connectivity index (χ2n) is 5.17.